The van der Waals surface area contributed by atoms with Crippen LogP contribution in [0.2, 0.25) is 0 Å². The summed E-state index contributed by atoms with van der Waals surface area (Å²) in [6.07, 6.45) is 2.44. The van der Waals surface area contributed by atoms with Crippen LogP contribution >= 0.6 is 11.3 Å². The average Bonchev–Trinajstić information content (AvgIpc) is 3.51. The monoisotopic (exact) mass is 648 g/mol. The summed E-state index contributed by atoms with van der Waals surface area (Å²) < 4.78 is 37.0. The Morgan fingerprint density at radius 2 is 1.82 bits per heavy atom. The summed E-state index contributed by atoms with van der Waals surface area (Å²) in [7, 11) is -0.709. The molecule has 0 bridgehead atoms. The van der Waals surface area contributed by atoms with Crippen LogP contribution in [0.4, 0.5) is 5.69 Å². The Morgan fingerprint density at radius 3 is 2.58 bits per heavy atom. The second kappa shape index (κ2) is 13.6. The number of carbonyl (C=O) groups is 3. The van der Waals surface area contributed by atoms with Gasteiger partial charge in [0.1, 0.15) is 16.8 Å². The number of thiazole rings is 1. The molecule has 4 aromatic rings. The Kier molecular flexibility index (Phi) is 9.61. The lowest BCUT2D eigenvalue weighted by Gasteiger charge is -2.22. The van der Waals surface area contributed by atoms with Crippen LogP contribution < -0.4 is 15.4 Å². The molecule has 0 aliphatic carbocycles. The van der Waals surface area contributed by atoms with Crippen molar-refractivity contribution in [1.29, 1.82) is 0 Å². The third-order valence-electron chi connectivity index (χ3n) is 7.41. The van der Waals surface area contributed by atoms with Gasteiger partial charge in [-0.2, -0.15) is 0 Å². The van der Waals surface area contributed by atoms with Crippen molar-refractivity contribution in [2.75, 3.05) is 32.6 Å². The Bertz CT molecular complexity index is 1840. The van der Waals surface area contributed by atoms with Gasteiger partial charge in [-0.05, 0) is 75.0 Å². The van der Waals surface area contributed by atoms with Gasteiger partial charge in [-0.15, -0.1) is 11.3 Å². The number of benzene rings is 3. The minimum absolute atomic E-state index is 0.0506. The molecule has 2 heterocycles. The largest absolute Gasteiger partial charge is 0.494 e. The third kappa shape index (κ3) is 7.06. The van der Waals surface area contributed by atoms with Crippen LogP contribution in [0.15, 0.2) is 82.7 Å². The van der Waals surface area contributed by atoms with Crippen LogP contribution in [0.1, 0.15) is 38.9 Å². The molecule has 234 valence electrons. The molecule has 45 heavy (non-hydrogen) atoms. The van der Waals surface area contributed by atoms with Gasteiger partial charge in [0.15, 0.2) is 0 Å². The van der Waals surface area contributed by atoms with E-state index in [4.69, 9.17) is 9.47 Å². The highest BCUT2D eigenvalue weighted by Gasteiger charge is 2.31. The fraction of sp³-hybridized carbons (Fsp3) is 0.250. The summed E-state index contributed by atoms with van der Waals surface area (Å²) in [5.74, 6) is -0.528. The average molecular weight is 649 g/mol. The second-order valence-corrected chi connectivity index (χ2v) is 13.4. The Balaban J connectivity index is 1.15. The van der Waals surface area contributed by atoms with Crippen LogP contribution in [0.3, 0.4) is 0 Å². The number of carbonyl (C=O) groups excluding carboxylic acids is 3. The minimum Gasteiger partial charge on any atom is -0.494 e. The van der Waals surface area contributed by atoms with E-state index in [9.17, 15) is 22.8 Å². The van der Waals surface area contributed by atoms with E-state index in [1.54, 1.807) is 25.3 Å². The first kappa shape index (κ1) is 31.8. The summed E-state index contributed by atoms with van der Waals surface area (Å²) in [4.78, 5) is 44.4. The molecule has 3 aromatic carbocycles. The number of amides is 2. The number of esters is 1. The molecule has 2 N–H and O–H groups in total. The molecular weight excluding hydrogens is 617 g/mol. The fourth-order valence-corrected chi connectivity index (χ4v) is 7.18. The van der Waals surface area contributed by atoms with Crippen molar-refractivity contribution < 1.29 is 32.3 Å². The number of nitrogens with zero attached hydrogens (tertiary/aromatic N) is 2. The first-order valence-electron chi connectivity index (χ1n) is 14.1. The molecule has 0 saturated carbocycles. The molecule has 1 aliphatic rings. The van der Waals surface area contributed by atoms with E-state index in [1.165, 1.54) is 48.8 Å². The highest BCUT2D eigenvalue weighted by atomic mass is 32.2. The number of hydrogen-bond acceptors (Lipinski definition) is 10. The van der Waals surface area contributed by atoms with Gasteiger partial charge < -0.3 is 20.1 Å². The predicted molar refractivity (Wildman–Crippen MR) is 169 cm³/mol. The molecule has 0 fully saturated rings. The van der Waals surface area contributed by atoms with E-state index in [2.05, 4.69) is 15.6 Å². The quantitative estimate of drug-likeness (QED) is 0.179. The number of sulfone groups is 1. The minimum atomic E-state index is -3.96. The summed E-state index contributed by atoms with van der Waals surface area (Å²) in [5, 5.41) is 6.24. The Labute approximate surface area is 265 Å². The van der Waals surface area contributed by atoms with Crippen molar-refractivity contribution in [2.24, 2.45) is 0 Å². The SMILES string of the molecule is COC(=O)[C@H](C)N(C)CCCOc1ccc(-c2ncc(CNC(=O)c3ccc4c(c3)NC(=O)c3ccccc3S4(=O)=O)s2)cc1. The highest BCUT2D eigenvalue weighted by Crippen LogP contribution is 2.34. The van der Waals surface area contributed by atoms with Crippen molar-refractivity contribution >= 4 is 44.6 Å². The maximum atomic E-state index is 13.2. The van der Waals surface area contributed by atoms with Gasteiger partial charge in [-0.25, -0.2) is 13.4 Å². The van der Waals surface area contributed by atoms with Gasteiger partial charge in [-0.3, -0.25) is 19.3 Å². The van der Waals surface area contributed by atoms with E-state index in [0.29, 0.717) is 13.2 Å². The van der Waals surface area contributed by atoms with Gasteiger partial charge in [-0.1, -0.05) is 12.1 Å². The topological polar surface area (TPSA) is 144 Å². The molecule has 0 unspecified atom stereocenters. The molecule has 1 aromatic heterocycles. The lowest BCUT2D eigenvalue weighted by atomic mass is 10.1. The van der Waals surface area contributed by atoms with Gasteiger partial charge in [0.25, 0.3) is 11.8 Å². The van der Waals surface area contributed by atoms with Crippen LogP contribution in [-0.4, -0.2) is 69.4 Å². The van der Waals surface area contributed by atoms with Gasteiger partial charge in [0.05, 0.1) is 41.3 Å². The molecule has 1 atom stereocenters. The maximum absolute atomic E-state index is 13.2. The molecule has 0 spiro atoms. The van der Waals surface area contributed by atoms with Crippen LogP contribution in [0.25, 0.3) is 10.6 Å². The second-order valence-electron chi connectivity index (χ2n) is 10.4. The summed E-state index contributed by atoms with van der Waals surface area (Å²) in [6, 6.07) is 17.4. The number of fused-ring (bicyclic) bond motifs is 2. The van der Waals surface area contributed by atoms with E-state index >= 15 is 0 Å². The standard InChI is InChI=1S/C32H32N4O7S2/c1-20(32(39)42-3)36(2)15-6-16-43-23-12-9-21(10-13-23)31-34-19-24(44-31)18-33-29(37)22-11-14-28-26(17-22)35-30(38)25-7-4-5-8-27(25)45(28,40)41/h4-5,7-14,17,19-20H,6,15-16,18H2,1-3H3,(H,33,37)(H,35,38)/t20-/m0/s1. The normalized spacial score (nSPS) is 14.0. The van der Waals surface area contributed by atoms with Gasteiger partial charge >= 0.3 is 5.97 Å². The number of anilines is 1. The molecule has 13 heteroatoms. The molecule has 2 amide bonds. The first-order chi connectivity index (χ1) is 21.6. The fourth-order valence-electron chi connectivity index (χ4n) is 4.73. The summed E-state index contributed by atoms with van der Waals surface area (Å²) in [5.41, 5.74) is 1.21. The molecule has 11 nitrogen and oxygen atoms in total. The molecule has 5 rings (SSSR count). The molecule has 0 saturated heterocycles. The van der Waals surface area contributed by atoms with Crippen molar-refractivity contribution in [2.45, 2.75) is 35.7 Å². The molecular formula is C32H32N4O7S2. The number of likely N-dealkylation sites (N-methyl/N-ethyl adjacent to an activating group) is 1. The molecule has 1 aliphatic heterocycles. The number of methoxy groups -OCH3 is 1. The number of nitrogens with one attached hydrogen (secondary N) is 2. The first-order valence-corrected chi connectivity index (χ1v) is 16.4. The Hall–Kier alpha value is -4.59. The van der Waals surface area contributed by atoms with Gasteiger partial charge in [0, 0.05) is 28.7 Å². The lowest BCUT2D eigenvalue weighted by molar-refractivity contribution is -0.145. The summed E-state index contributed by atoms with van der Waals surface area (Å²) in [6.45, 7) is 3.20. The number of hydrogen-bond donors (Lipinski definition) is 2. The van der Waals surface area contributed by atoms with E-state index in [0.717, 1.165) is 27.6 Å². The van der Waals surface area contributed by atoms with E-state index in [1.807, 2.05) is 36.2 Å². The zero-order chi connectivity index (χ0) is 32.1. The van der Waals surface area contributed by atoms with Gasteiger partial charge in [0.2, 0.25) is 9.84 Å². The predicted octanol–water partition coefficient (Wildman–Crippen LogP) is 4.40. The van der Waals surface area contributed by atoms with Crippen molar-refractivity contribution in [3.05, 3.63) is 88.9 Å². The number of ether oxygens (including phenoxy) is 2. The number of aromatic nitrogens is 1. The highest BCUT2D eigenvalue weighted by molar-refractivity contribution is 7.91. The van der Waals surface area contributed by atoms with Crippen molar-refractivity contribution in [1.82, 2.24) is 15.2 Å². The summed E-state index contributed by atoms with van der Waals surface area (Å²) >= 11 is 1.43. The smallest absolute Gasteiger partial charge is 0.322 e. The van der Waals surface area contributed by atoms with Crippen molar-refractivity contribution in [3.63, 3.8) is 0 Å². The third-order valence-corrected chi connectivity index (χ3v) is 10.3. The maximum Gasteiger partial charge on any atom is 0.322 e. The number of rotatable bonds is 11. The van der Waals surface area contributed by atoms with Crippen LogP contribution in [0, 0.1) is 0 Å². The zero-order valence-corrected chi connectivity index (χ0v) is 26.5. The van der Waals surface area contributed by atoms with Crippen LogP contribution in [0.5, 0.6) is 5.75 Å². The van der Waals surface area contributed by atoms with E-state index < -0.39 is 21.7 Å². The van der Waals surface area contributed by atoms with Crippen LogP contribution in [-0.2, 0) is 25.9 Å². The zero-order valence-electron chi connectivity index (χ0n) is 24.9. The Morgan fingerprint density at radius 1 is 1.07 bits per heavy atom. The lowest BCUT2D eigenvalue weighted by Crippen LogP contribution is -2.37. The van der Waals surface area contributed by atoms with E-state index in [-0.39, 0.29) is 45.2 Å². The molecule has 0 radical (unpaired) electrons. The van der Waals surface area contributed by atoms with Crippen molar-refractivity contribution in [3.8, 4) is 16.3 Å².